The van der Waals surface area contributed by atoms with Gasteiger partial charge in [-0.2, -0.15) is 0 Å². The van der Waals surface area contributed by atoms with Gasteiger partial charge in [0.05, 0.1) is 12.6 Å². The second-order valence-corrected chi connectivity index (χ2v) is 7.77. The molecule has 1 amide bonds. The number of alkyl halides is 2. The van der Waals surface area contributed by atoms with E-state index in [2.05, 4.69) is 20.3 Å². The fraction of sp³-hybridized carbons (Fsp3) is 0.364. The van der Waals surface area contributed by atoms with E-state index in [0.717, 1.165) is 0 Å². The summed E-state index contributed by atoms with van der Waals surface area (Å²) in [5, 5.41) is 3.06. The largest absolute Gasteiger partial charge is 0.440 e. The van der Waals surface area contributed by atoms with Gasteiger partial charge in [-0.15, -0.1) is 0 Å². The number of carbonyl (C=O) groups excluding carboxylic acids is 1. The first-order chi connectivity index (χ1) is 14.8. The monoisotopic (exact) mass is 427 g/mol. The van der Waals surface area contributed by atoms with Gasteiger partial charge in [-0.3, -0.25) is 4.79 Å². The van der Waals surface area contributed by atoms with Crippen LogP contribution in [0.15, 0.2) is 53.2 Å². The maximum absolute atomic E-state index is 14.5. The van der Waals surface area contributed by atoms with Crippen LogP contribution in [0.2, 0.25) is 0 Å². The van der Waals surface area contributed by atoms with Gasteiger partial charge in [0.1, 0.15) is 0 Å². The van der Waals surface area contributed by atoms with Crippen LogP contribution < -0.4 is 5.32 Å². The number of nitrogens with zero attached hydrogens (tertiary/aromatic N) is 4. The molecule has 0 bridgehead atoms. The van der Waals surface area contributed by atoms with Crippen LogP contribution in [-0.2, 0) is 0 Å². The molecule has 0 spiro atoms. The third kappa shape index (κ3) is 4.55. The molecule has 3 aromatic rings. The maximum Gasteiger partial charge on any atom is 0.277 e. The first-order valence-electron chi connectivity index (χ1n) is 10.1. The molecule has 0 aliphatic carbocycles. The number of hydrogen-bond acceptors (Lipinski definition) is 6. The number of carbonyl (C=O) groups is 1. The second-order valence-electron chi connectivity index (χ2n) is 7.77. The molecule has 2 atom stereocenters. The lowest BCUT2D eigenvalue weighted by Gasteiger charge is -2.43. The van der Waals surface area contributed by atoms with Crippen molar-refractivity contribution in [2.45, 2.75) is 32.2 Å². The summed E-state index contributed by atoms with van der Waals surface area (Å²) in [6.45, 7) is 2.91. The number of hydrogen-bond donors (Lipinski definition) is 1. The zero-order valence-corrected chi connectivity index (χ0v) is 17.3. The fourth-order valence-corrected chi connectivity index (χ4v) is 3.96. The Balaban J connectivity index is 1.65. The van der Waals surface area contributed by atoms with Crippen LogP contribution in [-0.4, -0.2) is 50.8 Å². The highest BCUT2D eigenvalue weighted by Gasteiger charge is 2.47. The van der Waals surface area contributed by atoms with E-state index in [1.807, 2.05) is 18.2 Å². The Hall–Kier alpha value is -3.36. The molecule has 1 aromatic carbocycles. The number of piperidine rings is 1. The van der Waals surface area contributed by atoms with Crippen molar-refractivity contribution in [3.8, 4) is 11.3 Å². The summed E-state index contributed by atoms with van der Waals surface area (Å²) in [5.74, 6) is -3.06. The smallest absolute Gasteiger partial charge is 0.277 e. The van der Waals surface area contributed by atoms with Crippen LogP contribution in [0.1, 0.15) is 29.7 Å². The lowest BCUT2D eigenvalue weighted by Crippen LogP contribution is -2.57. The Morgan fingerprint density at radius 2 is 1.94 bits per heavy atom. The van der Waals surface area contributed by atoms with Gasteiger partial charge in [0.25, 0.3) is 11.8 Å². The first-order valence-corrected chi connectivity index (χ1v) is 10.1. The Bertz CT molecular complexity index is 1040. The summed E-state index contributed by atoms with van der Waals surface area (Å²) < 4.78 is 34.6. The third-order valence-corrected chi connectivity index (χ3v) is 5.35. The Morgan fingerprint density at radius 1 is 1.23 bits per heavy atom. The van der Waals surface area contributed by atoms with Crippen LogP contribution >= 0.6 is 0 Å². The molecule has 7 nitrogen and oxygen atoms in total. The molecule has 2 aromatic heterocycles. The normalized spacial score (nSPS) is 20.5. The maximum atomic E-state index is 14.5. The summed E-state index contributed by atoms with van der Waals surface area (Å²) in [4.78, 5) is 27.1. The van der Waals surface area contributed by atoms with Gasteiger partial charge >= 0.3 is 0 Å². The standard InChI is InChI=1S/C22H23F2N5O2/c1-14-11-22(23,24)13-29(17(14)12-27-21-25-9-6-10-26-21)20(30)18-19(31-15(2)28-18)16-7-4-3-5-8-16/h3-10,14,17H,11-13H2,1-2H3,(H,25,26,27)/t14?,17-/m1/s1. The van der Waals surface area contributed by atoms with E-state index in [0.29, 0.717) is 17.4 Å². The summed E-state index contributed by atoms with van der Waals surface area (Å²) >= 11 is 0. The van der Waals surface area contributed by atoms with Gasteiger partial charge in [-0.25, -0.2) is 23.7 Å². The molecule has 1 aliphatic heterocycles. The molecule has 3 heterocycles. The Labute approximate surface area is 178 Å². The van der Waals surface area contributed by atoms with Gasteiger partial charge in [0.2, 0.25) is 5.95 Å². The van der Waals surface area contributed by atoms with Crippen molar-refractivity contribution < 1.29 is 18.0 Å². The van der Waals surface area contributed by atoms with E-state index >= 15 is 0 Å². The minimum absolute atomic E-state index is 0.0366. The summed E-state index contributed by atoms with van der Waals surface area (Å²) in [6.07, 6.45) is 2.87. The van der Waals surface area contributed by atoms with E-state index in [4.69, 9.17) is 4.42 Å². The fourth-order valence-electron chi connectivity index (χ4n) is 3.96. The van der Waals surface area contributed by atoms with E-state index in [1.54, 1.807) is 44.4 Å². The number of aryl methyl sites for hydroxylation is 1. The number of halogens is 2. The van der Waals surface area contributed by atoms with Gasteiger partial charge in [-0.05, 0) is 12.0 Å². The van der Waals surface area contributed by atoms with Crippen molar-refractivity contribution in [1.82, 2.24) is 19.9 Å². The van der Waals surface area contributed by atoms with Crippen molar-refractivity contribution >= 4 is 11.9 Å². The van der Waals surface area contributed by atoms with Gasteiger partial charge in [-0.1, -0.05) is 37.3 Å². The SMILES string of the molecule is Cc1nc(C(=O)N2CC(F)(F)CC(C)[C@H]2CNc2ncccn2)c(-c2ccccc2)o1. The minimum atomic E-state index is -2.99. The number of likely N-dealkylation sites (tertiary alicyclic amines) is 1. The molecule has 31 heavy (non-hydrogen) atoms. The predicted octanol–water partition coefficient (Wildman–Crippen LogP) is 4.04. The lowest BCUT2D eigenvalue weighted by atomic mass is 9.88. The summed E-state index contributed by atoms with van der Waals surface area (Å²) in [6, 6.07) is 10.2. The van der Waals surface area contributed by atoms with Crippen LogP contribution in [0.4, 0.5) is 14.7 Å². The van der Waals surface area contributed by atoms with Crippen molar-refractivity contribution in [3.05, 3.63) is 60.4 Å². The van der Waals surface area contributed by atoms with Gasteiger partial charge in [0.15, 0.2) is 17.3 Å². The second kappa shape index (κ2) is 8.41. The molecule has 9 heteroatoms. The highest BCUT2D eigenvalue weighted by Crippen LogP contribution is 2.36. The molecule has 1 saturated heterocycles. The number of anilines is 1. The quantitative estimate of drug-likeness (QED) is 0.662. The highest BCUT2D eigenvalue weighted by molar-refractivity contribution is 5.98. The average molecular weight is 427 g/mol. The molecule has 1 N–H and O–H groups in total. The van der Waals surface area contributed by atoms with E-state index < -0.39 is 30.3 Å². The van der Waals surface area contributed by atoms with Crippen molar-refractivity contribution in [2.75, 3.05) is 18.4 Å². The number of nitrogens with one attached hydrogen (secondary N) is 1. The Kier molecular flexibility index (Phi) is 5.67. The average Bonchev–Trinajstić information content (AvgIpc) is 3.14. The van der Waals surface area contributed by atoms with Gasteiger partial charge in [0, 0.05) is 37.8 Å². The molecular weight excluding hydrogens is 404 g/mol. The molecule has 1 fully saturated rings. The first kappa shape index (κ1) is 20.9. The minimum Gasteiger partial charge on any atom is -0.440 e. The van der Waals surface area contributed by atoms with Crippen LogP contribution in [0.5, 0.6) is 0 Å². The Morgan fingerprint density at radius 3 is 2.65 bits per heavy atom. The van der Waals surface area contributed by atoms with E-state index in [9.17, 15) is 13.6 Å². The zero-order valence-electron chi connectivity index (χ0n) is 17.3. The number of benzene rings is 1. The number of oxazole rings is 1. The molecule has 1 aliphatic rings. The molecule has 1 unspecified atom stereocenters. The number of amides is 1. The van der Waals surface area contributed by atoms with E-state index in [-0.39, 0.29) is 24.4 Å². The zero-order chi connectivity index (χ0) is 22.0. The topological polar surface area (TPSA) is 84.2 Å². The number of rotatable bonds is 5. The van der Waals surface area contributed by atoms with Crippen molar-refractivity contribution in [3.63, 3.8) is 0 Å². The van der Waals surface area contributed by atoms with Crippen molar-refractivity contribution in [1.29, 1.82) is 0 Å². The van der Waals surface area contributed by atoms with E-state index in [1.165, 1.54) is 4.90 Å². The molecule has 0 radical (unpaired) electrons. The molecular formula is C22H23F2N5O2. The van der Waals surface area contributed by atoms with Crippen LogP contribution in [0, 0.1) is 12.8 Å². The summed E-state index contributed by atoms with van der Waals surface area (Å²) in [5.41, 5.74) is 0.699. The third-order valence-electron chi connectivity index (χ3n) is 5.35. The van der Waals surface area contributed by atoms with Crippen molar-refractivity contribution in [2.24, 2.45) is 5.92 Å². The molecule has 4 rings (SSSR count). The summed E-state index contributed by atoms with van der Waals surface area (Å²) in [7, 11) is 0. The molecule has 162 valence electrons. The van der Waals surface area contributed by atoms with Crippen LogP contribution in [0.25, 0.3) is 11.3 Å². The predicted molar refractivity (Wildman–Crippen MR) is 111 cm³/mol. The molecule has 0 saturated carbocycles. The van der Waals surface area contributed by atoms with Gasteiger partial charge < -0.3 is 14.6 Å². The lowest BCUT2D eigenvalue weighted by molar-refractivity contribution is -0.0898. The number of aromatic nitrogens is 3. The highest BCUT2D eigenvalue weighted by atomic mass is 19.3. The van der Waals surface area contributed by atoms with Crippen LogP contribution in [0.3, 0.4) is 0 Å².